The molecule has 21 heavy (non-hydrogen) atoms. The number of rotatable bonds is 6. The molecular weight excluding hydrogens is 287 g/mol. The summed E-state index contributed by atoms with van der Waals surface area (Å²) in [6.07, 6.45) is -3.48. The lowest BCUT2D eigenvalue weighted by Crippen LogP contribution is -2.22. The van der Waals surface area contributed by atoms with E-state index in [9.17, 15) is 23.1 Å². The quantitative estimate of drug-likeness (QED) is 0.785. The number of benzene rings is 1. The van der Waals surface area contributed by atoms with Gasteiger partial charge in [-0.1, -0.05) is 32.4 Å². The first-order chi connectivity index (χ1) is 9.67. The lowest BCUT2D eigenvalue weighted by molar-refractivity contribution is -0.274. The average molecular weight is 305 g/mol. The molecule has 4 nitrogen and oxygen atoms in total. The number of hydrogen-bond donors (Lipinski definition) is 2. The van der Waals surface area contributed by atoms with E-state index in [1.165, 1.54) is 12.1 Å². The molecule has 0 saturated carbocycles. The number of nitrogens with two attached hydrogens (primary N) is 1. The van der Waals surface area contributed by atoms with Gasteiger partial charge in [0.05, 0.1) is 11.6 Å². The summed E-state index contributed by atoms with van der Waals surface area (Å²) in [5.41, 5.74) is 5.53. The van der Waals surface area contributed by atoms with Crippen molar-refractivity contribution >= 4 is 11.7 Å². The van der Waals surface area contributed by atoms with Crippen LogP contribution >= 0.6 is 0 Å². The minimum atomic E-state index is -4.87. The third kappa shape index (κ3) is 4.54. The van der Waals surface area contributed by atoms with Crippen LogP contribution < -0.4 is 10.5 Å². The van der Waals surface area contributed by atoms with E-state index in [0.29, 0.717) is 6.42 Å². The zero-order valence-electron chi connectivity index (χ0n) is 11.8. The molecule has 0 aliphatic rings. The SMILES string of the molecule is CCCC(C)C(C(=O)O)c1cccc(OC(F)(F)F)c1N. The maximum absolute atomic E-state index is 12.3. The average Bonchev–Trinajstić information content (AvgIpc) is 2.32. The first kappa shape index (κ1) is 17.1. The number of nitrogen functional groups attached to an aromatic ring is 1. The maximum Gasteiger partial charge on any atom is 0.573 e. The summed E-state index contributed by atoms with van der Waals surface area (Å²) >= 11 is 0. The van der Waals surface area contributed by atoms with Crippen molar-refractivity contribution in [3.63, 3.8) is 0 Å². The number of hydrogen-bond acceptors (Lipinski definition) is 3. The Hall–Kier alpha value is -1.92. The molecule has 0 aliphatic heterocycles. The van der Waals surface area contributed by atoms with E-state index < -0.39 is 24.0 Å². The van der Waals surface area contributed by atoms with Gasteiger partial charge < -0.3 is 15.6 Å². The Kier molecular flexibility index (Phi) is 5.46. The molecule has 0 heterocycles. The summed E-state index contributed by atoms with van der Waals surface area (Å²) in [6.45, 7) is 3.64. The van der Waals surface area contributed by atoms with Gasteiger partial charge in [-0.2, -0.15) is 0 Å². The van der Waals surface area contributed by atoms with Crippen molar-refractivity contribution in [1.82, 2.24) is 0 Å². The van der Waals surface area contributed by atoms with Gasteiger partial charge in [0.15, 0.2) is 5.75 Å². The second kappa shape index (κ2) is 6.69. The zero-order chi connectivity index (χ0) is 16.2. The van der Waals surface area contributed by atoms with E-state index in [1.807, 2.05) is 6.92 Å². The van der Waals surface area contributed by atoms with E-state index in [1.54, 1.807) is 6.92 Å². The molecule has 0 saturated heterocycles. The molecule has 0 fully saturated rings. The van der Waals surface area contributed by atoms with E-state index in [4.69, 9.17) is 5.73 Å². The van der Waals surface area contributed by atoms with Crippen molar-refractivity contribution in [3.05, 3.63) is 23.8 Å². The Bertz CT molecular complexity index is 503. The number of carboxylic acid groups (broad SMARTS) is 1. The lowest BCUT2D eigenvalue weighted by Gasteiger charge is -2.23. The Morgan fingerprint density at radius 1 is 1.43 bits per heavy atom. The highest BCUT2D eigenvalue weighted by Gasteiger charge is 2.34. The molecule has 0 spiro atoms. The van der Waals surface area contributed by atoms with Gasteiger partial charge in [-0.3, -0.25) is 4.79 Å². The van der Waals surface area contributed by atoms with Gasteiger partial charge in [-0.05, 0) is 24.0 Å². The molecule has 1 rings (SSSR count). The molecule has 3 N–H and O–H groups in total. The molecule has 0 aliphatic carbocycles. The molecule has 2 unspecified atom stereocenters. The summed E-state index contributed by atoms with van der Waals surface area (Å²) in [7, 11) is 0. The third-order valence-electron chi connectivity index (χ3n) is 3.24. The van der Waals surface area contributed by atoms with E-state index >= 15 is 0 Å². The van der Waals surface area contributed by atoms with Crippen LogP contribution in [0.1, 0.15) is 38.2 Å². The zero-order valence-corrected chi connectivity index (χ0v) is 11.8. The van der Waals surface area contributed by atoms with Gasteiger partial charge in [-0.25, -0.2) is 0 Å². The molecule has 0 amide bonds. The predicted octanol–water partition coefficient (Wildman–Crippen LogP) is 3.77. The minimum absolute atomic E-state index is 0.144. The standard InChI is InChI=1S/C14H18F3NO3/c1-3-5-8(2)11(13(19)20)9-6-4-7-10(12(9)18)21-14(15,16)17/h4,6-8,11H,3,5,18H2,1-2H3,(H,19,20). The molecule has 0 radical (unpaired) electrons. The normalized spacial score (nSPS) is 14.5. The molecule has 0 aromatic heterocycles. The van der Waals surface area contributed by atoms with Gasteiger partial charge >= 0.3 is 12.3 Å². The lowest BCUT2D eigenvalue weighted by atomic mass is 9.83. The maximum atomic E-state index is 12.3. The van der Waals surface area contributed by atoms with Crippen molar-refractivity contribution in [2.24, 2.45) is 5.92 Å². The van der Waals surface area contributed by atoms with Crippen LogP contribution in [0, 0.1) is 5.92 Å². The van der Waals surface area contributed by atoms with Gasteiger partial charge in [0.25, 0.3) is 0 Å². The number of carbonyl (C=O) groups is 1. The molecule has 118 valence electrons. The van der Waals surface area contributed by atoms with Gasteiger partial charge in [0.1, 0.15) is 0 Å². The summed E-state index contributed by atoms with van der Waals surface area (Å²) in [5.74, 6) is -2.92. The number of carboxylic acids is 1. The fraction of sp³-hybridized carbons (Fsp3) is 0.500. The van der Waals surface area contributed by atoms with Crippen molar-refractivity contribution in [2.45, 2.75) is 39.0 Å². The monoisotopic (exact) mass is 305 g/mol. The molecular formula is C14H18F3NO3. The van der Waals surface area contributed by atoms with Crippen LogP contribution in [0.15, 0.2) is 18.2 Å². The summed E-state index contributed by atoms with van der Waals surface area (Å²) < 4.78 is 40.7. The van der Waals surface area contributed by atoms with Crippen LogP contribution in [0.25, 0.3) is 0 Å². The van der Waals surface area contributed by atoms with Gasteiger partial charge in [0.2, 0.25) is 0 Å². The number of aliphatic carboxylic acids is 1. The van der Waals surface area contributed by atoms with E-state index in [-0.39, 0.29) is 17.2 Å². The van der Waals surface area contributed by atoms with Crippen LogP contribution in [-0.2, 0) is 4.79 Å². The molecule has 0 bridgehead atoms. The highest BCUT2D eigenvalue weighted by Crippen LogP contribution is 2.38. The molecule has 7 heteroatoms. The summed E-state index contributed by atoms with van der Waals surface area (Å²) in [4.78, 5) is 11.4. The van der Waals surface area contributed by atoms with Crippen molar-refractivity contribution in [3.8, 4) is 5.75 Å². The van der Waals surface area contributed by atoms with Crippen LogP contribution in [-0.4, -0.2) is 17.4 Å². The smallest absolute Gasteiger partial charge is 0.481 e. The summed E-state index contributed by atoms with van der Waals surface area (Å²) in [6, 6.07) is 3.79. The fourth-order valence-corrected chi connectivity index (χ4v) is 2.35. The van der Waals surface area contributed by atoms with Crippen molar-refractivity contribution in [1.29, 1.82) is 0 Å². The highest BCUT2D eigenvalue weighted by molar-refractivity contribution is 5.80. The second-order valence-corrected chi connectivity index (χ2v) is 4.89. The fourth-order valence-electron chi connectivity index (χ4n) is 2.35. The Morgan fingerprint density at radius 2 is 2.05 bits per heavy atom. The first-order valence-electron chi connectivity index (χ1n) is 6.54. The molecule has 1 aromatic carbocycles. The minimum Gasteiger partial charge on any atom is -0.481 e. The van der Waals surface area contributed by atoms with Gasteiger partial charge in [0, 0.05) is 0 Å². The topological polar surface area (TPSA) is 72.5 Å². The molecule has 2 atom stereocenters. The van der Waals surface area contributed by atoms with Crippen LogP contribution in [0.5, 0.6) is 5.75 Å². The third-order valence-corrected chi connectivity index (χ3v) is 3.24. The second-order valence-electron chi connectivity index (χ2n) is 4.89. The number of ether oxygens (including phenoxy) is 1. The van der Waals surface area contributed by atoms with Crippen LogP contribution in [0.2, 0.25) is 0 Å². The number of para-hydroxylation sites is 1. The summed E-state index contributed by atoms with van der Waals surface area (Å²) in [5, 5.41) is 9.35. The van der Waals surface area contributed by atoms with Gasteiger partial charge in [-0.15, -0.1) is 13.2 Å². The van der Waals surface area contributed by atoms with Crippen LogP contribution in [0.4, 0.5) is 18.9 Å². The Labute approximate surface area is 120 Å². The van der Waals surface area contributed by atoms with E-state index in [2.05, 4.69) is 4.74 Å². The number of anilines is 1. The predicted molar refractivity (Wildman–Crippen MR) is 72.0 cm³/mol. The highest BCUT2D eigenvalue weighted by atomic mass is 19.4. The van der Waals surface area contributed by atoms with Crippen LogP contribution in [0.3, 0.4) is 0 Å². The number of halogens is 3. The number of alkyl halides is 3. The Morgan fingerprint density at radius 3 is 2.52 bits per heavy atom. The van der Waals surface area contributed by atoms with Crippen molar-refractivity contribution < 1.29 is 27.8 Å². The van der Waals surface area contributed by atoms with Crippen molar-refractivity contribution in [2.75, 3.05) is 5.73 Å². The first-order valence-corrected chi connectivity index (χ1v) is 6.54. The molecule has 1 aromatic rings. The largest absolute Gasteiger partial charge is 0.573 e. The van der Waals surface area contributed by atoms with E-state index in [0.717, 1.165) is 12.5 Å². The Balaban J connectivity index is 3.21.